The largest absolute Gasteiger partial charge is 0.394 e. The standard InChI is InChI=1S/C53H94N18O14S/c1-32-45(75)67-43(33(2)73)51(81)65-39(30-72)50(80)63-36(47(77)59-20-11-23-84-25-27-85-26-24-83-22-10-19-58-42(74)16-5-4-15-41-44-40(31-86-41)66-53(82)68-44)12-6-7-21-71-29-34(69-70-71)28-35(54)46(76)62-38(13-8-17-57-3)49(79)64-37(48(78)61-32)14-9-18-60-52(55)56/h29,32-33,35-41,43-44,57,72-73H,4-28,30-31,54H2,1-3H3,(H,58,74)(H,59,77)(H,61,78)(H,62,76)(H,63,80)(H,64,79)(H,65,81)(H,67,75)(H4,55,56,60)(H2,66,68,82)/t32-,33?,35-,36-,37-,38-,39-,40+,41+,43?,44+/m0/s1. The van der Waals surface area contributed by atoms with Gasteiger partial charge in [0.1, 0.15) is 36.3 Å². The van der Waals surface area contributed by atoms with E-state index in [4.69, 9.17) is 31.1 Å². The zero-order chi connectivity index (χ0) is 62.8. The number of hydrogen-bond acceptors (Lipinski definition) is 20. The highest BCUT2D eigenvalue weighted by Crippen LogP contribution is 2.33. The second-order valence-electron chi connectivity index (χ2n) is 21.4. The van der Waals surface area contributed by atoms with Crippen LogP contribution in [0.15, 0.2) is 6.20 Å². The monoisotopic (exact) mass is 1240 g/mol. The van der Waals surface area contributed by atoms with Gasteiger partial charge in [-0.05, 0) is 98.1 Å². The molecule has 1 aromatic heterocycles. The van der Waals surface area contributed by atoms with Crippen LogP contribution in [0, 0.1) is 5.41 Å². The van der Waals surface area contributed by atoms with Crippen LogP contribution in [0.3, 0.4) is 0 Å². The third kappa shape index (κ3) is 27.1. The first-order valence-corrected chi connectivity index (χ1v) is 30.8. The van der Waals surface area contributed by atoms with Crippen LogP contribution in [0.5, 0.6) is 0 Å². The van der Waals surface area contributed by atoms with Gasteiger partial charge in [-0.2, -0.15) is 11.8 Å². The maximum atomic E-state index is 13.9. The summed E-state index contributed by atoms with van der Waals surface area (Å²) in [6.07, 6.45) is 5.87. The molecule has 0 spiro atoms. The van der Waals surface area contributed by atoms with Crippen LogP contribution in [0.2, 0.25) is 0 Å². The molecule has 2 fully saturated rings. The number of aliphatic hydroxyl groups is 2. The zero-order valence-electron chi connectivity index (χ0n) is 49.7. The van der Waals surface area contributed by atoms with Gasteiger partial charge in [-0.25, -0.2) is 4.79 Å². The van der Waals surface area contributed by atoms with Crippen molar-refractivity contribution in [3.63, 3.8) is 0 Å². The fourth-order valence-corrected chi connectivity index (χ4v) is 11.0. The van der Waals surface area contributed by atoms with E-state index >= 15 is 0 Å². The average molecular weight is 1240 g/mol. The van der Waals surface area contributed by atoms with E-state index in [1.165, 1.54) is 18.5 Å². The Hall–Kier alpha value is -6.49. The van der Waals surface area contributed by atoms with Crippen molar-refractivity contribution in [2.75, 3.05) is 85.2 Å². The quantitative estimate of drug-likeness (QED) is 0.0148. The van der Waals surface area contributed by atoms with E-state index in [2.05, 4.69) is 74.1 Å². The lowest BCUT2D eigenvalue weighted by molar-refractivity contribution is -0.137. The molecule has 1 aromatic rings. The number of carbonyl (C=O) groups is 9. The number of aromatic nitrogens is 3. The Labute approximate surface area is 505 Å². The van der Waals surface area contributed by atoms with Crippen LogP contribution in [-0.2, 0) is 65.5 Å². The number of guanidine groups is 1. The van der Waals surface area contributed by atoms with Crippen LogP contribution in [0.25, 0.3) is 0 Å². The predicted molar refractivity (Wildman–Crippen MR) is 316 cm³/mol. The van der Waals surface area contributed by atoms with Gasteiger partial charge in [0.2, 0.25) is 47.3 Å². The van der Waals surface area contributed by atoms with Gasteiger partial charge in [0.25, 0.3) is 0 Å². The number of nitrogens with one attached hydrogen (secondary N) is 13. The van der Waals surface area contributed by atoms with Crippen LogP contribution in [-0.4, -0.2) is 235 Å². The summed E-state index contributed by atoms with van der Waals surface area (Å²) in [5, 5.41) is 69.5. The molecule has 33 heteroatoms. The van der Waals surface area contributed by atoms with Crippen molar-refractivity contribution in [2.45, 2.75) is 176 Å². The maximum absolute atomic E-state index is 13.9. The highest BCUT2D eigenvalue weighted by atomic mass is 32.2. The van der Waals surface area contributed by atoms with Gasteiger partial charge in [0, 0.05) is 69.4 Å². The topological polar surface area (TPSA) is 473 Å². The molecular formula is C53H94N18O14S. The minimum atomic E-state index is -1.71. The SMILES string of the molecule is CNCCC[C@@H]1NC(=O)[C@@H](N)Cc2cn(nn2)CCCC[C@@H](C(=O)NCCCOCCOCCOCCCNC(=O)CCCC[C@H]2SC[C@H]3NC(=O)N[C@H]32)NC(=O)[C@H](CO)NC(=O)C(C(C)O)NC(=O)[C@H](C)NC(=O)[C@H](CCCNC(=N)N)NC1=O. The first kappa shape index (κ1) is 72.0. The summed E-state index contributed by atoms with van der Waals surface area (Å²) >= 11 is 1.87. The number of thioether (sulfide) groups is 1. The molecule has 11 atom stereocenters. The molecule has 4 rings (SSSR count). The number of nitrogens with zero attached hydrogens (tertiary/aromatic N) is 3. The number of aryl methyl sites for hydroxylation is 1. The number of amides is 10. The van der Waals surface area contributed by atoms with Crippen LogP contribution in [0.4, 0.5) is 4.79 Å². The number of unbranched alkanes of at least 4 members (excludes halogenated alkanes) is 1. The molecule has 86 heavy (non-hydrogen) atoms. The molecule has 3 aliphatic heterocycles. The molecule has 2 unspecified atom stereocenters. The lowest BCUT2D eigenvalue weighted by atomic mass is 10.0. The van der Waals surface area contributed by atoms with Gasteiger partial charge in [-0.15, -0.1) is 5.10 Å². The first-order chi connectivity index (χ1) is 41.3. The number of fused-ring (bicyclic) bond motifs is 3. The second kappa shape index (κ2) is 40.1. The first-order valence-electron chi connectivity index (χ1n) is 29.7. The average Bonchev–Trinajstić information content (AvgIpc) is 2.83. The Bertz CT molecular complexity index is 2320. The van der Waals surface area contributed by atoms with Crippen molar-refractivity contribution in [1.29, 1.82) is 5.41 Å². The second-order valence-corrected chi connectivity index (χ2v) is 22.7. The Balaban J connectivity index is 1.27. The van der Waals surface area contributed by atoms with E-state index in [0.29, 0.717) is 95.5 Å². The minimum Gasteiger partial charge on any atom is -0.394 e. The number of aliphatic hydroxyl groups excluding tert-OH is 2. The Morgan fingerprint density at radius 1 is 0.733 bits per heavy atom. The van der Waals surface area contributed by atoms with Gasteiger partial charge in [0.15, 0.2) is 5.96 Å². The molecular weight excluding hydrogens is 1140 g/mol. The summed E-state index contributed by atoms with van der Waals surface area (Å²) in [6, 6.07) is -9.23. The number of rotatable bonds is 30. The highest BCUT2D eigenvalue weighted by Gasteiger charge is 2.42. The Morgan fingerprint density at radius 2 is 1.35 bits per heavy atom. The fourth-order valence-electron chi connectivity index (χ4n) is 9.46. The number of carbonyl (C=O) groups excluding carboxylic acids is 9. The van der Waals surface area contributed by atoms with Gasteiger partial charge < -0.3 is 99.7 Å². The van der Waals surface area contributed by atoms with Gasteiger partial charge >= 0.3 is 6.03 Å². The molecule has 19 N–H and O–H groups in total. The lowest BCUT2D eigenvalue weighted by Crippen LogP contribution is -2.61. The summed E-state index contributed by atoms with van der Waals surface area (Å²) in [4.78, 5) is 120. The molecule has 2 bridgehead atoms. The van der Waals surface area contributed by atoms with Crippen molar-refractivity contribution in [1.82, 2.24) is 78.8 Å². The Morgan fingerprint density at radius 3 is 2.01 bits per heavy atom. The molecule has 3 aliphatic rings. The summed E-state index contributed by atoms with van der Waals surface area (Å²) < 4.78 is 18.4. The third-order valence-corrected chi connectivity index (χ3v) is 15.8. The van der Waals surface area contributed by atoms with Crippen LogP contribution in [0.1, 0.15) is 103 Å². The molecule has 486 valence electrons. The molecule has 0 aliphatic carbocycles. The van der Waals surface area contributed by atoms with Crippen LogP contribution >= 0.6 is 11.8 Å². The molecule has 0 radical (unpaired) electrons. The summed E-state index contributed by atoms with van der Waals surface area (Å²) in [6.45, 7) is 5.21. The van der Waals surface area contributed by atoms with E-state index in [1.807, 2.05) is 11.8 Å². The lowest BCUT2D eigenvalue weighted by Gasteiger charge is -2.27. The number of urea groups is 1. The zero-order valence-corrected chi connectivity index (χ0v) is 50.5. The summed E-state index contributed by atoms with van der Waals surface area (Å²) in [5.74, 6) is -5.15. The van der Waals surface area contributed by atoms with Crippen molar-refractivity contribution in [2.24, 2.45) is 11.5 Å². The summed E-state index contributed by atoms with van der Waals surface area (Å²) in [5.41, 5.74) is 12.1. The van der Waals surface area contributed by atoms with Crippen molar-refractivity contribution in [3.8, 4) is 0 Å². The number of nitrogens with two attached hydrogens (primary N) is 2. The maximum Gasteiger partial charge on any atom is 0.315 e. The molecule has 0 aromatic carbocycles. The van der Waals surface area contributed by atoms with E-state index in [9.17, 15) is 53.4 Å². The smallest absolute Gasteiger partial charge is 0.315 e. The predicted octanol–water partition coefficient (Wildman–Crippen LogP) is -5.32. The highest BCUT2D eigenvalue weighted by molar-refractivity contribution is 8.00. The fraction of sp³-hybridized carbons (Fsp3) is 0.774. The molecule has 10 amide bonds. The molecule has 4 heterocycles. The van der Waals surface area contributed by atoms with E-state index in [-0.39, 0.29) is 88.4 Å². The van der Waals surface area contributed by atoms with Crippen molar-refractivity contribution >= 4 is 71.0 Å². The van der Waals surface area contributed by atoms with E-state index in [1.54, 1.807) is 13.2 Å². The number of ether oxygens (including phenoxy) is 3. The van der Waals surface area contributed by atoms with Crippen molar-refractivity contribution in [3.05, 3.63) is 11.9 Å². The van der Waals surface area contributed by atoms with Crippen LogP contribution < -0.4 is 75.3 Å². The third-order valence-electron chi connectivity index (χ3n) is 14.3. The molecule has 0 saturated carbocycles. The van der Waals surface area contributed by atoms with Gasteiger partial charge in [-0.3, -0.25) is 48.4 Å². The van der Waals surface area contributed by atoms with Gasteiger partial charge in [-0.1, -0.05) is 11.6 Å². The Kier molecular flexibility index (Phi) is 33.5. The summed E-state index contributed by atoms with van der Waals surface area (Å²) in [7, 11) is 1.72. The minimum absolute atomic E-state index is 0.0104. The molecule has 2 saturated heterocycles. The van der Waals surface area contributed by atoms with E-state index < -0.39 is 96.4 Å². The van der Waals surface area contributed by atoms with Crippen molar-refractivity contribution < 1.29 is 67.6 Å². The number of hydrogen-bond donors (Lipinski definition) is 17. The van der Waals surface area contributed by atoms with E-state index in [0.717, 1.165) is 25.0 Å². The van der Waals surface area contributed by atoms with Gasteiger partial charge in [0.05, 0.1) is 63.0 Å². The normalized spacial score (nSPS) is 25.1. The molecule has 32 nitrogen and oxygen atoms in total.